The van der Waals surface area contributed by atoms with Gasteiger partial charge in [-0.25, -0.2) is 9.59 Å². The molecule has 1 unspecified atom stereocenters. The van der Waals surface area contributed by atoms with Gasteiger partial charge in [-0.15, -0.1) is 0 Å². The van der Waals surface area contributed by atoms with E-state index < -0.39 is 45.4 Å². The SMILES string of the molecule is CC(C)=CCn1c(N2CCCC(NC(=O)OC(C)(C)C)C2)nc2c1c(=O)n(CC(=O)c1ccccc1OS(C)(=O)=O)c(=O)n2C. The molecule has 0 spiro atoms. The first-order valence-corrected chi connectivity index (χ1v) is 16.4. The molecule has 244 valence electrons. The van der Waals surface area contributed by atoms with Gasteiger partial charge in [-0.3, -0.25) is 18.7 Å². The largest absolute Gasteiger partial charge is 0.444 e. The number of piperidine rings is 1. The molecule has 1 aromatic carbocycles. The van der Waals surface area contributed by atoms with E-state index in [2.05, 4.69) is 5.32 Å². The highest BCUT2D eigenvalue weighted by Crippen LogP contribution is 2.25. The molecule has 1 aliphatic rings. The van der Waals surface area contributed by atoms with Gasteiger partial charge in [0.2, 0.25) is 5.95 Å². The minimum absolute atomic E-state index is 0.0902. The van der Waals surface area contributed by atoms with Gasteiger partial charge < -0.3 is 23.7 Å². The average Bonchev–Trinajstić information content (AvgIpc) is 3.31. The number of nitrogens with zero attached hydrogens (tertiary/aromatic N) is 5. The summed E-state index contributed by atoms with van der Waals surface area (Å²) < 4.78 is 37.6. The summed E-state index contributed by atoms with van der Waals surface area (Å²) in [7, 11) is -2.47. The van der Waals surface area contributed by atoms with Gasteiger partial charge in [-0.05, 0) is 59.6 Å². The van der Waals surface area contributed by atoms with Crippen LogP contribution < -0.4 is 25.6 Å². The average molecular weight is 645 g/mol. The fourth-order valence-electron chi connectivity index (χ4n) is 5.10. The third kappa shape index (κ3) is 8.01. The molecule has 4 rings (SSSR count). The molecule has 0 bridgehead atoms. The third-order valence-electron chi connectivity index (χ3n) is 7.05. The number of rotatable bonds is 9. The molecule has 1 fully saturated rings. The zero-order valence-corrected chi connectivity index (χ0v) is 27.4. The Balaban J connectivity index is 1.77. The molecule has 1 N–H and O–H groups in total. The third-order valence-corrected chi connectivity index (χ3v) is 7.53. The summed E-state index contributed by atoms with van der Waals surface area (Å²) >= 11 is 0. The van der Waals surface area contributed by atoms with Crippen molar-refractivity contribution < 1.29 is 26.9 Å². The first-order chi connectivity index (χ1) is 20.9. The number of nitrogens with one attached hydrogen (secondary N) is 1. The number of anilines is 1. The van der Waals surface area contributed by atoms with Crippen molar-refractivity contribution in [3.05, 3.63) is 62.3 Å². The van der Waals surface area contributed by atoms with Gasteiger partial charge in [-0.2, -0.15) is 13.4 Å². The van der Waals surface area contributed by atoms with Gasteiger partial charge >= 0.3 is 21.9 Å². The zero-order valence-electron chi connectivity index (χ0n) is 26.6. The number of ether oxygens (including phenoxy) is 1. The Bertz CT molecular complexity index is 1880. The molecular formula is C30H40N6O8S. The Morgan fingerprint density at radius 2 is 1.82 bits per heavy atom. The van der Waals surface area contributed by atoms with E-state index in [-0.39, 0.29) is 35.1 Å². The minimum atomic E-state index is -3.94. The number of benzene rings is 1. The van der Waals surface area contributed by atoms with Crippen molar-refractivity contribution in [2.24, 2.45) is 7.05 Å². The summed E-state index contributed by atoms with van der Waals surface area (Å²) in [6.45, 7) is 9.82. The molecule has 45 heavy (non-hydrogen) atoms. The van der Waals surface area contributed by atoms with E-state index in [1.807, 2.05) is 24.8 Å². The molecule has 1 atom stereocenters. The number of para-hydroxylation sites is 1. The van der Waals surface area contributed by atoms with Crippen molar-refractivity contribution in [2.45, 2.75) is 72.2 Å². The number of allylic oxidation sites excluding steroid dienone is 2. The van der Waals surface area contributed by atoms with Crippen LogP contribution in [-0.4, -0.2) is 70.0 Å². The molecule has 1 saturated heterocycles. The molecule has 14 nitrogen and oxygen atoms in total. The van der Waals surface area contributed by atoms with E-state index >= 15 is 0 Å². The van der Waals surface area contributed by atoms with Crippen molar-refractivity contribution in [3.63, 3.8) is 0 Å². The predicted molar refractivity (Wildman–Crippen MR) is 170 cm³/mol. The van der Waals surface area contributed by atoms with Crippen LogP contribution in [0.4, 0.5) is 10.7 Å². The van der Waals surface area contributed by atoms with Crippen LogP contribution in [0.3, 0.4) is 0 Å². The number of hydrogen-bond donors (Lipinski definition) is 1. The molecular weight excluding hydrogens is 604 g/mol. The number of alkyl carbamates (subject to hydrolysis) is 1. The maximum Gasteiger partial charge on any atom is 0.407 e. The summed E-state index contributed by atoms with van der Waals surface area (Å²) in [6.07, 6.45) is 3.71. The van der Waals surface area contributed by atoms with Crippen molar-refractivity contribution >= 4 is 39.1 Å². The Kier molecular flexibility index (Phi) is 9.61. The maximum absolute atomic E-state index is 14.0. The van der Waals surface area contributed by atoms with Gasteiger partial charge in [-0.1, -0.05) is 23.8 Å². The van der Waals surface area contributed by atoms with E-state index in [1.165, 1.54) is 35.9 Å². The van der Waals surface area contributed by atoms with Crippen LogP contribution in [0, 0.1) is 0 Å². The van der Waals surface area contributed by atoms with Gasteiger partial charge in [0.25, 0.3) is 5.56 Å². The summed E-state index contributed by atoms with van der Waals surface area (Å²) in [5, 5.41) is 2.92. The smallest absolute Gasteiger partial charge is 0.407 e. The highest BCUT2D eigenvalue weighted by molar-refractivity contribution is 7.86. The number of ketones is 1. The van der Waals surface area contributed by atoms with E-state index in [9.17, 15) is 27.6 Å². The lowest BCUT2D eigenvalue weighted by atomic mass is 10.1. The number of hydrogen-bond acceptors (Lipinski definition) is 10. The van der Waals surface area contributed by atoms with Crippen molar-refractivity contribution in [1.29, 1.82) is 0 Å². The predicted octanol–water partition coefficient (Wildman–Crippen LogP) is 2.58. The van der Waals surface area contributed by atoms with Crippen LogP contribution in [0.25, 0.3) is 11.2 Å². The second-order valence-corrected chi connectivity index (χ2v) is 13.9. The zero-order chi connectivity index (χ0) is 33.3. The molecule has 3 aromatic rings. The van der Waals surface area contributed by atoms with Crippen molar-refractivity contribution in [1.82, 2.24) is 24.0 Å². The number of aryl methyl sites for hydroxylation is 1. The lowest BCUT2D eigenvalue weighted by Crippen LogP contribution is -2.49. The summed E-state index contributed by atoms with van der Waals surface area (Å²) in [4.78, 5) is 60.0. The highest BCUT2D eigenvalue weighted by Gasteiger charge is 2.29. The van der Waals surface area contributed by atoms with E-state index in [1.54, 1.807) is 25.3 Å². The number of fused-ring (bicyclic) bond motifs is 1. The number of imidazole rings is 1. The monoisotopic (exact) mass is 644 g/mol. The van der Waals surface area contributed by atoms with E-state index in [4.69, 9.17) is 13.9 Å². The molecule has 1 amide bonds. The quantitative estimate of drug-likeness (QED) is 0.208. The Hall–Kier alpha value is -4.40. The van der Waals surface area contributed by atoms with Crippen LogP contribution in [-0.2, 0) is 35.0 Å². The Morgan fingerprint density at radius 1 is 1.13 bits per heavy atom. The molecule has 0 radical (unpaired) electrons. The standard InChI is InChI=1S/C30H40N6O8S/c1-19(2)14-16-35-24-25(32-27(35)34-15-10-11-20(17-34)31-28(39)43-30(3,4)5)33(6)29(40)36(26(24)38)18-22(37)21-12-8-9-13-23(21)44-45(7,41)42/h8-9,12-14,20H,10-11,15-18H2,1-7H3,(H,31,39). The van der Waals surface area contributed by atoms with Gasteiger partial charge in [0, 0.05) is 32.7 Å². The van der Waals surface area contributed by atoms with Crippen molar-refractivity contribution in [2.75, 3.05) is 24.2 Å². The van der Waals surface area contributed by atoms with Crippen LogP contribution in [0.1, 0.15) is 57.8 Å². The topological polar surface area (TPSA) is 164 Å². The lowest BCUT2D eigenvalue weighted by Gasteiger charge is -2.34. The highest BCUT2D eigenvalue weighted by atomic mass is 32.2. The number of aromatic nitrogens is 4. The number of carbonyl (C=O) groups is 2. The molecule has 15 heteroatoms. The first kappa shape index (κ1) is 33.5. The van der Waals surface area contributed by atoms with Crippen LogP contribution in [0.5, 0.6) is 5.75 Å². The second-order valence-electron chi connectivity index (χ2n) is 12.3. The molecule has 1 aliphatic heterocycles. The molecule has 2 aromatic heterocycles. The Labute approximate surface area is 261 Å². The molecule has 3 heterocycles. The van der Waals surface area contributed by atoms with Crippen molar-refractivity contribution in [3.8, 4) is 5.75 Å². The number of amides is 1. The fraction of sp³-hybridized carbons (Fsp3) is 0.500. The number of Topliss-reactive ketones (excluding diaryl/α,β-unsaturated/α-hetero) is 1. The molecule has 0 saturated carbocycles. The summed E-state index contributed by atoms with van der Waals surface area (Å²) in [5.41, 5.74) is -0.949. The fourth-order valence-corrected chi connectivity index (χ4v) is 5.57. The second kappa shape index (κ2) is 12.9. The van der Waals surface area contributed by atoms with Crippen LogP contribution >= 0.6 is 0 Å². The van der Waals surface area contributed by atoms with E-state index in [0.29, 0.717) is 19.0 Å². The van der Waals surface area contributed by atoms with E-state index in [0.717, 1.165) is 29.2 Å². The first-order valence-electron chi connectivity index (χ1n) is 14.5. The van der Waals surface area contributed by atoms with Gasteiger partial charge in [0.15, 0.2) is 22.7 Å². The maximum atomic E-state index is 14.0. The Morgan fingerprint density at radius 3 is 2.47 bits per heavy atom. The van der Waals surface area contributed by atoms with Crippen LogP contribution in [0.2, 0.25) is 0 Å². The van der Waals surface area contributed by atoms with Gasteiger partial charge in [0.1, 0.15) is 5.60 Å². The normalized spacial score (nSPS) is 15.5. The lowest BCUT2D eigenvalue weighted by molar-refractivity contribution is 0.0499. The van der Waals surface area contributed by atoms with Crippen LogP contribution in [0.15, 0.2) is 45.5 Å². The minimum Gasteiger partial charge on any atom is -0.444 e. The van der Waals surface area contributed by atoms with Gasteiger partial charge in [0.05, 0.1) is 18.4 Å². The number of carbonyl (C=O) groups excluding carboxylic acids is 2. The summed E-state index contributed by atoms with van der Waals surface area (Å²) in [5.74, 6) is -0.441. The molecule has 0 aliphatic carbocycles. The summed E-state index contributed by atoms with van der Waals surface area (Å²) in [6, 6.07) is 5.48.